The van der Waals surface area contributed by atoms with Crippen molar-refractivity contribution in [3.8, 4) is 17.9 Å². The molecule has 1 heterocycles. The summed E-state index contributed by atoms with van der Waals surface area (Å²) in [5.74, 6) is 5.02. The van der Waals surface area contributed by atoms with Gasteiger partial charge in [0.15, 0.2) is 0 Å². The lowest BCUT2D eigenvalue weighted by atomic mass is 10.00. The average molecular weight is 458 g/mol. The van der Waals surface area contributed by atoms with Crippen molar-refractivity contribution in [3.63, 3.8) is 0 Å². The van der Waals surface area contributed by atoms with Crippen molar-refractivity contribution in [3.05, 3.63) is 65.2 Å². The van der Waals surface area contributed by atoms with Crippen molar-refractivity contribution in [2.24, 2.45) is 0 Å². The summed E-state index contributed by atoms with van der Waals surface area (Å²) in [5, 5.41) is 8.65. The summed E-state index contributed by atoms with van der Waals surface area (Å²) >= 11 is 0. The number of esters is 1. The van der Waals surface area contributed by atoms with Crippen molar-refractivity contribution < 1.29 is 19.1 Å². The molecule has 0 aliphatic carbocycles. The number of hydrogen-bond donors (Lipinski definition) is 0. The number of carbonyl (C=O) groups is 3. The maximum absolute atomic E-state index is 13.8. The second-order valence-corrected chi connectivity index (χ2v) is 7.87. The van der Waals surface area contributed by atoms with Gasteiger partial charge < -0.3 is 14.5 Å². The Hall–Kier alpha value is -4.10. The van der Waals surface area contributed by atoms with Gasteiger partial charge in [-0.2, -0.15) is 5.26 Å². The van der Waals surface area contributed by atoms with Gasteiger partial charge in [-0.25, -0.2) is 0 Å². The molecule has 1 aliphatic heterocycles. The van der Waals surface area contributed by atoms with Crippen molar-refractivity contribution in [2.45, 2.75) is 38.6 Å². The smallest absolute Gasteiger partial charge is 0.308 e. The lowest BCUT2D eigenvalue weighted by molar-refractivity contribution is -0.144. The fraction of sp³-hybridized carbons (Fsp3) is 0.333. The topological polar surface area (TPSA) is 90.7 Å². The maximum atomic E-state index is 13.8. The summed E-state index contributed by atoms with van der Waals surface area (Å²) in [6, 6.07) is 15.8. The predicted octanol–water partition coefficient (Wildman–Crippen LogP) is 3.85. The predicted molar refractivity (Wildman–Crippen MR) is 128 cm³/mol. The minimum Gasteiger partial charge on any atom is -0.466 e. The lowest BCUT2D eigenvalue weighted by Gasteiger charge is -2.30. The average Bonchev–Trinajstić information content (AvgIpc) is 2.93. The molecule has 0 saturated heterocycles. The fourth-order valence-electron chi connectivity index (χ4n) is 3.82. The molecule has 7 heteroatoms. The van der Waals surface area contributed by atoms with E-state index >= 15 is 0 Å². The zero-order chi connectivity index (χ0) is 24.5. The highest BCUT2D eigenvalue weighted by molar-refractivity contribution is 6.09. The number of benzene rings is 2. The van der Waals surface area contributed by atoms with Crippen LogP contribution in [0.4, 0.5) is 5.69 Å². The Morgan fingerprint density at radius 1 is 1.15 bits per heavy atom. The van der Waals surface area contributed by atoms with Gasteiger partial charge >= 0.3 is 5.97 Å². The molecule has 1 atom stereocenters. The number of nitriles is 1. The van der Waals surface area contributed by atoms with E-state index in [1.807, 2.05) is 30.3 Å². The molecule has 34 heavy (non-hydrogen) atoms. The van der Waals surface area contributed by atoms with Crippen LogP contribution in [0.2, 0.25) is 0 Å². The summed E-state index contributed by atoms with van der Waals surface area (Å²) in [7, 11) is 1.63. The molecule has 3 rings (SSSR count). The van der Waals surface area contributed by atoms with E-state index in [0.717, 1.165) is 5.56 Å². The first kappa shape index (κ1) is 24.5. The molecule has 0 bridgehead atoms. The highest BCUT2D eigenvalue weighted by atomic mass is 16.5. The first-order valence-electron chi connectivity index (χ1n) is 11.2. The van der Waals surface area contributed by atoms with Crippen LogP contribution in [0, 0.1) is 23.2 Å². The number of nitrogens with zero attached hydrogens (tertiary/aromatic N) is 3. The highest BCUT2D eigenvalue weighted by Gasteiger charge is 2.36. The van der Waals surface area contributed by atoms with Crippen LogP contribution < -0.4 is 4.90 Å². The van der Waals surface area contributed by atoms with E-state index in [1.165, 1.54) is 9.80 Å². The number of likely N-dealkylation sites (N-methyl/N-ethyl adjacent to an activating group) is 1. The molecule has 0 saturated carbocycles. The van der Waals surface area contributed by atoms with E-state index in [2.05, 4.69) is 17.9 Å². The largest absolute Gasteiger partial charge is 0.466 e. The first-order valence-corrected chi connectivity index (χ1v) is 11.2. The monoisotopic (exact) mass is 457 g/mol. The van der Waals surface area contributed by atoms with Crippen LogP contribution in [0.1, 0.15) is 60.1 Å². The van der Waals surface area contributed by atoms with Crippen LogP contribution in [0.15, 0.2) is 48.5 Å². The molecule has 1 unspecified atom stereocenters. The number of amides is 2. The number of ether oxygens (including phenoxy) is 1. The highest BCUT2D eigenvalue weighted by Crippen LogP contribution is 2.32. The fourth-order valence-corrected chi connectivity index (χ4v) is 3.82. The minimum atomic E-state index is -0.656. The Kier molecular flexibility index (Phi) is 8.43. The Labute approximate surface area is 199 Å². The van der Waals surface area contributed by atoms with Gasteiger partial charge in [0.05, 0.1) is 36.4 Å². The molecule has 2 aromatic rings. The van der Waals surface area contributed by atoms with Gasteiger partial charge in [-0.05, 0) is 37.1 Å². The molecule has 2 amide bonds. The van der Waals surface area contributed by atoms with E-state index in [0.29, 0.717) is 36.1 Å². The quantitative estimate of drug-likeness (QED) is 0.358. The molecular formula is C27H27N3O4. The molecular weight excluding hydrogens is 430 g/mol. The SMILES string of the molecule is CCOC(=O)CC(c1ccccc1)N1CC(=O)N(C)c2ccc(C#CCCCC#N)cc2C1=O. The van der Waals surface area contributed by atoms with Crippen LogP contribution in [0.25, 0.3) is 0 Å². The number of rotatable bonds is 7. The standard InChI is InChI=1S/C27H27N3O4/c1-3-34-26(32)18-24(21-12-8-6-9-13-21)30-19-25(31)29(2)23-15-14-20(17-22(23)27(30)33)11-7-4-5-10-16-28/h6,8-9,12-15,17,24H,3-5,10,18-19H2,1-2H3. The van der Waals surface area contributed by atoms with Gasteiger partial charge in [0.2, 0.25) is 5.91 Å². The third-order valence-electron chi connectivity index (χ3n) is 5.58. The summed E-state index contributed by atoms with van der Waals surface area (Å²) in [6.45, 7) is 1.79. The van der Waals surface area contributed by atoms with Gasteiger partial charge in [-0.15, -0.1) is 0 Å². The third kappa shape index (κ3) is 5.82. The molecule has 0 radical (unpaired) electrons. The molecule has 7 nitrogen and oxygen atoms in total. The summed E-state index contributed by atoms with van der Waals surface area (Å²) in [5.41, 5.74) is 2.24. The number of hydrogen-bond acceptors (Lipinski definition) is 5. The van der Waals surface area contributed by atoms with Gasteiger partial charge in [-0.3, -0.25) is 14.4 Å². The Morgan fingerprint density at radius 2 is 1.91 bits per heavy atom. The van der Waals surface area contributed by atoms with E-state index in [4.69, 9.17) is 10.00 Å². The van der Waals surface area contributed by atoms with Crippen molar-refractivity contribution in [2.75, 3.05) is 25.1 Å². The van der Waals surface area contributed by atoms with Crippen LogP contribution in [-0.2, 0) is 14.3 Å². The molecule has 0 spiro atoms. The Balaban J connectivity index is 2.00. The van der Waals surface area contributed by atoms with E-state index < -0.39 is 12.0 Å². The zero-order valence-electron chi connectivity index (χ0n) is 19.4. The van der Waals surface area contributed by atoms with Crippen molar-refractivity contribution >= 4 is 23.5 Å². The van der Waals surface area contributed by atoms with E-state index in [9.17, 15) is 14.4 Å². The molecule has 2 aromatic carbocycles. The zero-order valence-corrected chi connectivity index (χ0v) is 19.4. The van der Waals surface area contributed by atoms with Gasteiger partial charge in [-0.1, -0.05) is 42.2 Å². The van der Waals surface area contributed by atoms with E-state index in [-0.39, 0.29) is 31.4 Å². The molecule has 0 fully saturated rings. The maximum Gasteiger partial charge on any atom is 0.308 e. The van der Waals surface area contributed by atoms with Crippen LogP contribution in [0.5, 0.6) is 0 Å². The Bertz CT molecular complexity index is 1160. The Morgan fingerprint density at radius 3 is 2.62 bits per heavy atom. The number of anilines is 1. The number of fused-ring (bicyclic) bond motifs is 1. The molecule has 174 valence electrons. The number of carbonyl (C=O) groups excluding carboxylic acids is 3. The normalized spacial score (nSPS) is 13.8. The van der Waals surface area contributed by atoms with Gasteiger partial charge in [0.1, 0.15) is 6.54 Å². The second-order valence-electron chi connectivity index (χ2n) is 7.87. The molecule has 0 N–H and O–H groups in total. The van der Waals surface area contributed by atoms with Gasteiger partial charge in [0, 0.05) is 25.5 Å². The van der Waals surface area contributed by atoms with Crippen LogP contribution in [0.3, 0.4) is 0 Å². The molecule has 1 aliphatic rings. The number of unbranched alkanes of at least 4 members (excludes halogenated alkanes) is 2. The molecule has 0 aromatic heterocycles. The summed E-state index contributed by atoms with van der Waals surface area (Å²) in [6.07, 6.45) is 1.65. The van der Waals surface area contributed by atoms with Gasteiger partial charge in [0.25, 0.3) is 5.91 Å². The van der Waals surface area contributed by atoms with Crippen molar-refractivity contribution in [1.29, 1.82) is 5.26 Å². The minimum absolute atomic E-state index is 0.0612. The van der Waals surface area contributed by atoms with Crippen molar-refractivity contribution in [1.82, 2.24) is 4.90 Å². The van der Waals surface area contributed by atoms with E-state index in [1.54, 1.807) is 32.2 Å². The second kappa shape index (κ2) is 11.7. The summed E-state index contributed by atoms with van der Waals surface area (Å²) < 4.78 is 5.15. The van der Waals surface area contributed by atoms with Crippen LogP contribution >= 0.6 is 0 Å². The summed E-state index contributed by atoms with van der Waals surface area (Å²) in [4.78, 5) is 42.1. The van der Waals surface area contributed by atoms with Crippen LogP contribution in [-0.4, -0.2) is 42.9 Å². The third-order valence-corrected chi connectivity index (χ3v) is 5.58. The first-order chi connectivity index (χ1) is 16.5. The lowest BCUT2D eigenvalue weighted by Crippen LogP contribution is -2.41.